The van der Waals surface area contributed by atoms with Gasteiger partial charge in [-0.25, -0.2) is 4.79 Å². The van der Waals surface area contributed by atoms with Crippen LogP contribution in [0.25, 0.3) is 0 Å². The van der Waals surface area contributed by atoms with Crippen molar-refractivity contribution >= 4 is 29.5 Å². The predicted octanol–water partition coefficient (Wildman–Crippen LogP) is 3.37. The third kappa shape index (κ3) is 2.74. The van der Waals surface area contributed by atoms with E-state index in [1.54, 1.807) is 6.08 Å². The lowest BCUT2D eigenvalue weighted by molar-refractivity contribution is -0.179. The number of rotatable bonds is 1. The summed E-state index contributed by atoms with van der Waals surface area (Å²) in [6.07, 6.45) is 3.87. The van der Waals surface area contributed by atoms with E-state index in [1.165, 1.54) is 6.92 Å². The number of ketones is 2. The zero-order valence-electron chi connectivity index (χ0n) is 22.9. The Hall–Kier alpha value is -2.77. The monoisotopic (exact) mass is 536 g/mol. The molecule has 6 fully saturated rings. The van der Waals surface area contributed by atoms with Crippen molar-refractivity contribution in [2.24, 2.45) is 57.7 Å². The lowest BCUT2D eigenvalue weighted by atomic mass is 9.49. The number of fused-ring (bicyclic) bond motifs is 4. The van der Waals surface area contributed by atoms with E-state index in [9.17, 15) is 24.0 Å². The van der Waals surface area contributed by atoms with E-state index in [2.05, 4.69) is 20.4 Å². The smallest absolute Gasteiger partial charge is 0.334 e. The second kappa shape index (κ2) is 7.70. The molecule has 0 aromatic rings. The van der Waals surface area contributed by atoms with Crippen LogP contribution in [0.2, 0.25) is 0 Å². The molecule has 1 spiro atoms. The second-order valence-electron chi connectivity index (χ2n) is 13.8. The Bertz CT molecular complexity index is 1280. The number of hydrogen-bond donors (Lipinski definition) is 0. The minimum atomic E-state index is -1.25. The molecule has 0 N–H and O–H groups in total. The SMILES string of the molecule is C=C1C(=O)O[C@@H]2C[C@@H](C)[C@@H]3[C@@H]4CC(=O)[C@@]3(C[C@H]12)[C@@]1(C4)C(=O)O[C@@H]2C[C@@H](C)[C@@H]3C=CC(=O)[C@@]3(C)[C@@H](OC(C)=O)[C@@H]21. The molecule has 2 heterocycles. The summed E-state index contributed by atoms with van der Waals surface area (Å²) >= 11 is 0. The fourth-order valence-corrected chi connectivity index (χ4v) is 11.1. The Morgan fingerprint density at radius 3 is 2.44 bits per heavy atom. The number of carbonyl (C=O) groups excluding carboxylic acids is 5. The summed E-state index contributed by atoms with van der Waals surface area (Å²) < 4.78 is 18.1. The molecule has 4 saturated carbocycles. The molecule has 13 atom stereocenters. The highest BCUT2D eigenvalue weighted by Gasteiger charge is 2.84. The van der Waals surface area contributed by atoms with Gasteiger partial charge in [0.15, 0.2) is 5.78 Å². The molecule has 0 amide bonds. The Kier molecular flexibility index (Phi) is 4.98. The van der Waals surface area contributed by atoms with Crippen LogP contribution in [0.4, 0.5) is 0 Å². The van der Waals surface area contributed by atoms with Crippen LogP contribution in [0.5, 0.6) is 0 Å². The molecule has 2 saturated heterocycles. The van der Waals surface area contributed by atoms with Gasteiger partial charge in [0, 0.05) is 30.3 Å². The molecular weight excluding hydrogens is 500 g/mol. The van der Waals surface area contributed by atoms with Gasteiger partial charge in [-0.05, 0) is 68.3 Å². The standard InChI is InChI=1S/C31H36O8/c1-13-8-21-25(26(37-16(4)32)29(5)19(13)6-7-22(29)33)31(28(36)39-21)11-17-10-23(34)30(31)12-18-15(3)27(35)38-20(18)9-14(2)24(17)30/h6-7,13-14,17-21,24-26H,3,8-12H2,1-2,4-5H3/t13-,14-,17-,18-,19+,20-,21-,24-,25-,26+,29+,30-,31-/m1/s1. The molecule has 8 nitrogen and oxygen atoms in total. The molecule has 8 heteroatoms. The van der Waals surface area contributed by atoms with E-state index in [0.717, 1.165) is 0 Å². The molecular formula is C31H36O8. The molecule has 0 unspecified atom stereocenters. The van der Waals surface area contributed by atoms with Crippen LogP contribution in [0.1, 0.15) is 59.8 Å². The lowest BCUT2D eigenvalue weighted by Gasteiger charge is -2.50. The maximum atomic E-state index is 14.4. The van der Waals surface area contributed by atoms with Crippen molar-refractivity contribution in [3.63, 3.8) is 0 Å². The van der Waals surface area contributed by atoms with Crippen LogP contribution in [0, 0.1) is 57.7 Å². The van der Waals surface area contributed by atoms with Gasteiger partial charge in [-0.15, -0.1) is 0 Å². The Labute approximate surface area is 227 Å². The predicted molar refractivity (Wildman–Crippen MR) is 135 cm³/mol. The zero-order valence-corrected chi connectivity index (χ0v) is 22.9. The quantitative estimate of drug-likeness (QED) is 0.285. The van der Waals surface area contributed by atoms with Crippen LogP contribution >= 0.6 is 0 Å². The average Bonchev–Trinajstić information content (AvgIpc) is 3.52. The maximum absolute atomic E-state index is 14.4. The summed E-state index contributed by atoms with van der Waals surface area (Å²) in [7, 11) is 0. The maximum Gasteiger partial charge on any atom is 0.334 e. The van der Waals surface area contributed by atoms with Gasteiger partial charge in [-0.1, -0.05) is 26.5 Å². The van der Waals surface area contributed by atoms with E-state index >= 15 is 0 Å². The molecule has 39 heavy (non-hydrogen) atoms. The minimum absolute atomic E-state index is 0.00522. The summed E-state index contributed by atoms with van der Waals surface area (Å²) in [5, 5.41) is 0. The summed E-state index contributed by atoms with van der Waals surface area (Å²) in [5.74, 6) is -2.78. The third-order valence-electron chi connectivity index (χ3n) is 12.3. The minimum Gasteiger partial charge on any atom is -0.461 e. The van der Waals surface area contributed by atoms with E-state index in [-0.39, 0.29) is 53.2 Å². The van der Waals surface area contributed by atoms with E-state index in [0.29, 0.717) is 37.7 Å². The third-order valence-corrected chi connectivity index (χ3v) is 12.3. The first-order valence-electron chi connectivity index (χ1n) is 14.4. The zero-order chi connectivity index (χ0) is 27.8. The van der Waals surface area contributed by atoms with E-state index < -0.39 is 52.3 Å². The van der Waals surface area contributed by atoms with Crippen LogP contribution in [0.15, 0.2) is 24.3 Å². The lowest BCUT2D eigenvalue weighted by Crippen LogP contribution is -2.60. The van der Waals surface area contributed by atoms with Crippen molar-refractivity contribution in [3.05, 3.63) is 24.3 Å². The van der Waals surface area contributed by atoms with Crippen molar-refractivity contribution in [1.82, 2.24) is 0 Å². The van der Waals surface area contributed by atoms with Crippen molar-refractivity contribution in [2.45, 2.75) is 78.1 Å². The van der Waals surface area contributed by atoms with Crippen LogP contribution in [0.3, 0.4) is 0 Å². The number of allylic oxidation sites excluding steroid dienone is 2. The molecule has 2 aliphatic heterocycles. The van der Waals surface area contributed by atoms with Crippen molar-refractivity contribution in [3.8, 4) is 0 Å². The molecule has 7 aliphatic rings. The van der Waals surface area contributed by atoms with E-state index in [4.69, 9.17) is 14.2 Å². The van der Waals surface area contributed by atoms with Crippen LogP contribution < -0.4 is 0 Å². The van der Waals surface area contributed by atoms with Crippen LogP contribution in [-0.2, 0) is 38.2 Å². The highest BCUT2D eigenvalue weighted by molar-refractivity contribution is 6.01. The van der Waals surface area contributed by atoms with Crippen molar-refractivity contribution in [1.29, 1.82) is 0 Å². The normalized spacial score (nSPS) is 53.1. The average molecular weight is 537 g/mol. The van der Waals surface area contributed by atoms with Gasteiger partial charge in [-0.2, -0.15) is 0 Å². The Morgan fingerprint density at radius 2 is 1.72 bits per heavy atom. The molecule has 0 aromatic heterocycles. The Balaban J connectivity index is 1.46. The highest BCUT2D eigenvalue weighted by Crippen LogP contribution is 2.78. The number of hydrogen-bond acceptors (Lipinski definition) is 8. The van der Waals surface area contributed by atoms with Gasteiger partial charge in [0.2, 0.25) is 0 Å². The number of carbonyl (C=O) groups is 5. The molecule has 208 valence electrons. The fourth-order valence-electron chi connectivity index (χ4n) is 11.1. The molecule has 0 aromatic carbocycles. The summed E-state index contributed by atoms with van der Waals surface area (Å²) in [6.45, 7) is 11.4. The topological polar surface area (TPSA) is 113 Å². The first-order valence-corrected chi connectivity index (χ1v) is 14.4. The number of ether oxygens (including phenoxy) is 3. The van der Waals surface area contributed by atoms with Crippen molar-refractivity contribution in [2.75, 3.05) is 0 Å². The molecule has 7 rings (SSSR count). The van der Waals surface area contributed by atoms with E-state index in [1.807, 2.05) is 13.0 Å². The van der Waals surface area contributed by atoms with Gasteiger partial charge in [0.05, 0.1) is 16.7 Å². The van der Waals surface area contributed by atoms with Gasteiger partial charge >= 0.3 is 17.9 Å². The van der Waals surface area contributed by atoms with Gasteiger partial charge in [0.25, 0.3) is 0 Å². The summed E-state index contributed by atoms with van der Waals surface area (Å²) in [6, 6.07) is 0. The summed E-state index contributed by atoms with van der Waals surface area (Å²) in [4.78, 5) is 67.6. The molecule has 0 radical (unpaired) electrons. The number of Topliss-reactive ketones (excluding diaryl/α,β-unsaturated/α-hetero) is 1. The van der Waals surface area contributed by atoms with Gasteiger partial charge < -0.3 is 14.2 Å². The largest absolute Gasteiger partial charge is 0.461 e. The first-order chi connectivity index (χ1) is 18.4. The highest BCUT2D eigenvalue weighted by atomic mass is 16.6. The van der Waals surface area contributed by atoms with Gasteiger partial charge in [-0.3, -0.25) is 19.2 Å². The van der Waals surface area contributed by atoms with Crippen molar-refractivity contribution < 1.29 is 38.2 Å². The summed E-state index contributed by atoms with van der Waals surface area (Å²) in [5.41, 5.74) is -3.07. The second-order valence-corrected chi connectivity index (χ2v) is 13.8. The Morgan fingerprint density at radius 1 is 1.00 bits per heavy atom. The van der Waals surface area contributed by atoms with Gasteiger partial charge in [0.1, 0.15) is 24.1 Å². The van der Waals surface area contributed by atoms with Crippen LogP contribution in [-0.4, -0.2) is 47.8 Å². The molecule has 5 aliphatic carbocycles. The molecule has 2 bridgehead atoms. The first kappa shape index (κ1) is 25.2. The fraction of sp³-hybridized carbons (Fsp3) is 0.710. The number of esters is 3.